The Morgan fingerprint density at radius 2 is 1.93 bits per heavy atom. The molecule has 7 nitrogen and oxygen atoms in total. The van der Waals surface area contributed by atoms with Crippen LogP contribution in [0.2, 0.25) is 0 Å². The van der Waals surface area contributed by atoms with Crippen molar-refractivity contribution in [2.75, 3.05) is 5.32 Å². The average Bonchev–Trinajstić information content (AvgIpc) is 3.35. The smallest absolute Gasteiger partial charge is 0.293 e. The van der Waals surface area contributed by atoms with E-state index in [-0.39, 0.29) is 6.54 Å². The van der Waals surface area contributed by atoms with E-state index in [1.807, 2.05) is 38.3 Å². The minimum Gasteiger partial charge on any atom is -0.324 e. The lowest BCUT2D eigenvalue weighted by atomic mass is 10.1. The average molecular weight is 425 g/mol. The second kappa shape index (κ2) is 7.49. The van der Waals surface area contributed by atoms with Gasteiger partial charge in [0.2, 0.25) is 5.91 Å². The summed E-state index contributed by atoms with van der Waals surface area (Å²) in [4.78, 5) is 26.6. The lowest BCUT2D eigenvalue weighted by molar-refractivity contribution is -0.117. The molecule has 9 heteroatoms. The van der Waals surface area contributed by atoms with Crippen LogP contribution in [-0.2, 0) is 16.9 Å². The molecule has 4 aromatic rings. The third kappa shape index (κ3) is 3.76. The Bertz CT molecular complexity index is 1270. The van der Waals surface area contributed by atoms with Gasteiger partial charge in [-0.05, 0) is 56.5 Å². The number of hydrogen-bond acceptors (Lipinski definition) is 5. The largest absolute Gasteiger partial charge is 0.324 e. The van der Waals surface area contributed by atoms with E-state index in [0.29, 0.717) is 22.3 Å². The van der Waals surface area contributed by atoms with E-state index in [4.69, 9.17) is 0 Å². The van der Waals surface area contributed by atoms with Gasteiger partial charge in [0.25, 0.3) is 5.56 Å². The van der Waals surface area contributed by atoms with Crippen molar-refractivity contribution in [1.82, 2.24) is 19.6 Å². The van der Waals surface area contributed by atoms with Crippen molar-refractivity contribution in [3.8, 4) is 10.6 Å². The van der Waals surface area contributed by atoms with Gasteiger partial charge in [0, 0.05) is 5.69 Å². The molecule has 0 fully saturated rings. The Balaban J connectivity index is 1.79. The standard InChI is InChI=1S/C21H20FN5O2S/c1-21(2,3)27-19-15(11-23-27)18(16-5-4-10-30-16)25-26(20(19)29)12-17(28)24-14-8-6-13(22)7-9-14/h4-11H,12H2,1-3H3,(H,24,28). The number of rotatable bonds is 4. The normalized spacial score (nSPS) is 11.7. The molecule has 0 unspecified atom stereocenters. The Labute approximate surface area is 175 Å². The van der Waals surface area contributed by atoms with Gasteiger partial charge in [-0.2, -0.15) is 10.2 Å². The summed E-state index contributed by atoms with van der Waals surface area (Å²) in [6.45, 7) is 5.58. The molecule has 0 saturated heterocycles. The Morgan fingerprint density at radius 3 is 2.57 bits per heavy atom. The number of amides is 1. The molecule has 154 valence electrons. The van der Waals surface area contributed by atoms with E-state index >= 15 is 0 Å². The quantitative estimate of drug-likeness (QED) is 0.538. The maximum Gasteiger partial charge on any atom is 0.293 e. The summed E-state index contributed by atoms with van der Waals surface area (Å²) < 4.78 is 15.9. The molecule has 4 rings (SSSR count). The van der Waals surface area contributed by atoms with Crippen LogP contribution in [-0.4, -0.2) is 25.5 Å². The van der Waals surface area contributed by atoms with Crippen molar-refractivity contribution in [1.29, 1.82) is 0 Å². The molecule has 0 spiro atoms. The van der Waals surface area contributed by atoms with E-state index in [9.17, 15) is 14.0 Å². The number of carbonyl (C=O) groups excluding carboxylic acids is 1. The highest BCUT2D eigenvalue weighted by Crippen LogP contribution is 2.30. The van der Waals surface area contributed by atoms with Crippen LogP contribution >= 0.6 is 11.3 Å². The lowest BCUT2D eigenvalue weighted by Crippen LogP contribution is -2.33. The van der Waals surface area contributed by atoms with Crippen molar-refractivity contribution in [3.63, 3.8) is 0 Å². The number of fused-ring (bicyclic) bond motifs is 1. The number of thiophene rings is 1. The zero-order chi connectivity index (χ0) is 21.5. The van der Waals surface area contributed by atoms with Crippen LogP contribution in [0.1, 0.15) is 20.8 Å². The van der Waals surface area contributed by atoms with Crippen LogP contribution in [0.25, 0.3) is 21.5 Å². The predicted octanol–water partition coefficient (Wildman–Crippen LogP) is 3.85. The van der Waals surface area contributed by atoms with Gasteiger partial charge in [0.15, 0.2) is 0 Å². The van der Waals surface area contributed by atoms with Crippen LogP contribution in [0, 0.1) is 5.82 Å². The molecule has 0 aliphatic heterocycles. The summed E-state index contributed by atoms with van der Waals surface area (Å²) in [6.07, 6.45) is 1.65. The minimum absolute atomic E-state index is 0.278. The minimum atomic E-state index is -0.436. The molecular formula is C21H20FN5O2S. The van der Waals surface area contributed by atoms with Crippen molar-refractivity contribution in [2.45, 2.75) is 32.9 Å². The molecule has 0 radical (unpaired) electrons. The van der Waals surface area contributed by atoms with Crippen LogP contribution < -0.4 is 10.9 Å². The summed E-state index contributed by atoms with van der Waals surface area (Å²) in [7, 11) is 0. The molecule has 1 aromatic carbocycles. The number of anilines is 1. The van der Waals surface area contributed by atoms with Crippen molar-refractivity contribution in [3.05, 3.63) is 64.1 Å². The fourth-order valence-electron chi connectivity index (χ4n) is 3.15. The van der Waals surface area contributed by atoms with Crippen LogP contribution in [0.4, 0.5) is 10.1 Å². The molecule has 1 N–H and O–H groups in total. The van der Waals surface area contributed by atoms with Gasteiger partial charge >= 0.3 is 0 Å². The molecule has 0 saturated carbocycles. The molecule has 3 aromatic heterocycles. The number of aromatic nitrogens is 4. The zero-order valence-electron chi connectivity index (χ0n) is 16.7. The first-order valence-corrected chi connectivity index (χ1v) is 10.2. The summed E-state index contributed by atoms with van der Waals surface area (Å²) >= 11 is 1.49. The summed E-state index contributed by atoms with van der Waals surface area (Å²) in [5.41, 5.74) is 0.615. The molecule has 0 aliphatic rings. The second-order valence-electron chi connectivity index (χ2n) is 7.83. The van der Waals surface area contributed by atoms with Gasteiger partial charge in [0.05, 0.1) is 22.0 Å². The third-order valence-corrected chi connectivity index (χ3v) is 5.37. The van der Waals surface area contributed by atoms with E-state index in [2.05, 4.69) is 15.5 Å². The van der Waals surface area contributed by atoms with Crippen molar-refractivity contribution >= 4 is 33.8 Å². The highest BCUT2D eigenvalue weighted by molar-refractivity contribution is 7.13. The van der Waals surface area contributed by atoms with E-state index in [1.165, 1.54) is 35.6 Å². The van der Waals surface area contributed by atoms with E-state index in [0.717, 1.165) is 9.56 Å². The number of carbonyl (C=O) groups is 1. The summed E-state index contributed by atoms with van der Waals surface area (Å²) in [6, 6.07) is 9.23. The monoisotopic (exact) mass is 425 g/mol. The number of halogens is 1. The predicted molar refractivity (Wildman–Crippen MR) is 115 cm³/mol. The zero-order valence-corrected chi connectivity index (χ0v) is 17.5. The number of hydrogen-bond donors (Lipinski definition) is 1. The van der Waals surface area contributed by atoms with E-state index < -0.39 is 22.8 Å². The second-order valence-corrected chi connectivity index (χ2v) is 8.78. The number of nitrogens with zero attached hydrogens (tertiary/aromatic N) is 4. The van der Waals surface area contributed by atoms with Crippen molar-refractivity contribution in [2.24, 2.45) is 0 Å². The van der Waals surface area contributed by atoms with Gasteiger partial charge in [-0.3, -0.25) is 14.3 Å². The maximum atomic E-state index is 13.2. The van der Waals surface area contributed by atoms with Crippen molar-refractivity contribution < 1.29 is 9.18 Å². The number of nitrogens with one attached hydrogen (secondary N) is 1. The topological polar surface area (TPSA) is 81.8 Å². The highest BCUT2D eigenvalue weighted by atomic mass is 32.1. The Kier molecular flexibility index (Phi) is 4.98. The van der Waals surface area contributed by atoms with Gasteiger partial charge in [-0.1, -0.05) is 6.07 Å². The number of benzene rings is 1. The van der Waals surface area contributed by atoms with Gasteiger partial charge in [0.1, 0.15) is 23.6 Å². The first-order chi connectivity index (χ1) is 14.2. The van der Waals surface area contributed by atoms with Crippen LogP contribution in [0.5, 0.6) is 0 Å². The molecule has 0 aliphatic carbocycles. The summed E-state index contributed by atoms with van der Waals surface area (Å²) in [5.74, 6) is -0.832. The van der Waals surface area contributed by atoms with Crippen LogP contribution in [0.3, 0.4) is 0 Å². The third-order valence-electron chi connectivity index (χ3n) is 4.49. The SMILES string of the molecule is CC(C)(C)n1ncc2c(-c3cccs3)nn(CC(=O)Nc3ccc(F)cc3)c(=O)c21. The van der Waals surface area contributed by atoms with Gasteiger partial charge in [-0.25, -0.2) is 9.07 Å². The summed E-state index contributed by atoms with van der Waals surface area (Å²) in [5, 5.41) is 14.1. The molecule has 3 heterocycles. The maximum absolute atomic E-state index is 13.2. The molecule has 30 heavy (non-hydrogen) atoms. The van der Waals surface area contributed by atoms with Gasteiger partial charge in [-0.15, -0.1) is 11.3 Å². The molecule has 1 amide bonds. The first-order valence-electron chi connectivity index (χ1n) is 9.32. The highest BCUT2D eigenvalue weighted by Gasteiger charge is 2.24. The fraction of sp³-hybridized carbons (Fsp3) is 0.238. The van der Waals surface area contributed by atoms with Crippen LogP contribution in [0.15, 0.2) is 52.8 Å². The Hall–Kier alpha value is -3.33. The molecule has 0 atom stereocenters. The Morgan fingerprint density at radius 1 is 1.20 bits per heavy atom. The molecular weight excluding hydrogens is 405 g/mol. The fourth-order valence-corrected chi connectivity index (χ4v) is 3.87. The van der Waals surface area contributed by atoms with Gasteiger partial charge < -0.3 is 5.32 Å². The molecule has 0 bridgehead atoms. The van der Waals surface area contributed by atoms with E-state index in [1.54, 1.807) is 10.9 Å². The first kappa shape index (κ1) is 20.0. The lowest BCUT2D eigenvalue weighted by Gasteiger charge is -2.20.